The number of carbonyl (C=O) groups is 2. The van der Waals surface area contributed by atoms with E-state index in [1.807, 2.05) is 49.4 Å². The van der Waals surface area contributed by atoms with Crippen molar-refractivity contribution < 1.29 is 27.6 Å². The van der Waals surface area contributed by atoms with Gasteiger partial charge in [0.25, 0.3) is 8.32 Å². The molecule has 1 N–H and O–H groups in total. The van der Waals surface area contributed by atoms with Crippen molar-refractivity contribution in [3.05, 3.63) is 109 Å². The van der Waals surface area contributed by atoms with E-state index in [-0.39, 0.29) is 34.2 Å². The Morgan fingerprint density at radius 1 is 0.719 bits per heavy atom. The fourth-order valence-electron chi connectivity index (χ4n) is 6.56. The molecule has 0 unspecified atom stereocenters. The Labute approximate surface area is 348 Å². The van der Waals surface area contributed by atoms with Gasteiger partial charge in [0.15, 0.2) is 16.6 Å². The number of ether oxygens (including phenoxy) is 1. The summed E-state index contributed by atoms with van der Waals surface area (Å²) in [4.78, 5) is 30.4. The smallest absolute Gasteiger partial charge is 0.408 e. The molecule has 57 heavy (non-hydrogen) atoms. The van der Waals surface area contributed by atoms with Gasteiger partial charge in [-0.05, 0) is 64.2 Å². The molecule has 11 heteroatoms. The van der Waals surface area contributed by atoms with E-state index in [1.54, 1.807) is 18.0 Å². The van der Waals surface area contributed by atoms with Gasteiger partial charge in [0.05, 0.1) is 24.9 Å². The van der Waals surface area contributed by atoms with Crippen LogP contribution in [0, 0.1) is 0 Å². The lowest BCUT2D eigenvalue weighted by molar-refractivity contribution is -0.139. The second kappa shape index (κ2) is 19.2. The van der Waals surface area contributed by atoms with E-state index in [2.05, 4.69) is 149 Å². The van der Waals surface area contributed by atoms with Crippen molar-refractivity contribution in [3.63, 3.8) is 0 Å². The van der Waals surface area contributed by atoms with Crippen molar-refractivity contribution in [1.29, 1.82) is 0 Å². The molecule has 0 aromatic heterocycles. The zero-order chi connectivity index (χ0) is 43.0. The van der Waals surface area contributed by atoms with Gasteiger partial charge in [-0.1, -0.05) is 159 Å². The number of amides is 2. The molecule has 3 aromatic carbocycles. The van der Waals surface area contributed by atoms with Crippen molar-refractivity contribution in [2.24, 2.45) is 0 Å². The Morgan fingerprint density at radius 2 is 1.16 bits per heavy atom. The van der Waals surface area contributed by atoms with E-state index >= 15 is 4.79 Å². The Kier molecular flexibility index (Phi) is 16.1. The Bertz CT molecular complexity index is 1700. The zero-order valence-corrected chi connectivity index (χ0v) is 40.6. The molecule has 0 bridgehead atoms. The summed E-state index contributed by atoms with van der Waals surface area (Å²) in [6, 6.07) is 28.7. The number of likely N-dealkylation sites (N-methyl/N-ethyl adjacent to an activating group) is 1. The molecule has 0 fully saturated rings. The minimum absolute atomic E-state index is 0.0642. The number of carbonyl (C=O) groups excluding carboxylic acids is 2. The Morgan fingerprint density at radius 3 is 1.58 bits per heavy atom. The highest BCUT2D eigenvalue weighted by molar-refractivity contribution is 6.99. The van der Waals surface area contributed by atoms with Crippen molar-refractivity contribution in [2.45, 2.75) is 141 Å². The van der Waals surface area contributed by atoms with Crippen molar-refractivity contribution in [2.75, 3.05) is 13.7 Å². The van der Waals surface area contributed by atoms with Gasteiger partial charge >= 0.3 is 6.09 Å². The maximum absolute atomic E-state index is 15.2. The highest BCUT2D eigenvalue weighted by Crippen LogP contribution is 2.40. The molecule has 314 valence electrons. The van der Waals surface area contributed by atoms with Gasteiger partial charge in [0, 0.05) is 7.05 Å². The normalized spacial score (nSPS) is 15.2. The minimum Gasteiger partial charge on any atom is -0.445 e. The molecule has 0 aliphatic heterocycles. The molecule has 8 nitrogen and oxygen atoms in total. The van der Waals surface area contributed by atoms with E-state index in [0.717, 1.165) is 15.9 Å². The summed E-state index contributed by atoms with van der Waals surface area (Å²) in [5.74, 6) is -0.334. The van der Waals surface area contributed by atoms with E-state index in [1.165, 1.54) is 0 Å². The lowest BCUT2D eigenvalue weighted by atomic mass is 10.1. The topological polar surface area (TPSA) is 86.3 Å². The largest absolute Gasteiger partial charge is 0.445 e. The van der Waals surface area contributed by atoms with Crippen LogP contribution in [-0.4, -0.2) is 79.8 Å². The fourth-order valence-corrected chi connectivity index (χ4v) is 13.8. The number of nitrogens with one attached hydrogen (secondary N) is 1. The zero-order valence-electron chi connectivity index (χ0n) is 37.6. The average Bonchev–Trinajstić information content (AvgIpc) is 3.13. The fraction of sp³-hybridized carbons (Fsp3) is 0.522. The first kappa shape index (κ1) is 48.0. The molecule has 0 heterocycles. The second-order valence-electron chi connectivity index (χ2n) is 19.3. The molecule has 2 amide bonds. The van der Waals surface area contributed by atoms with E-state index in [9.17, 15) is 4.79 Å². The van der Waals surface area contributed by atoms with Gasteiger partial charge in [-0.15, -0.1) is 6.58 Å². The van der Waals surface area contributed by atoms with E-state index < -0.39 is 55.3 Å². The molecule has 0 saturated carbocycles. The van der Waals surface area contributed by atoms with Crippen LogP contribution in [0.25, 0.3) is 0 Å². The lowest BCUT2D eigenvalue weighted by Gasteiger charge is -2.47. The predicted molar refractivity (Wildman–Crippen MR) is 244 cm³/mol. The molecule has 3 rings (SSSR count). The van der Waals surface area contributed by atoms with E-state index in [0.29, 0.717) is 0 Å². The van der Waals surface area contributed by atoms with Gasteiger partial charge in [-0.2, -0.15) is 0 Å². The van der Waals surface area contributed by atoms with Crippen LogP contribution in [0.2, 0.25) is 41.3 Å². The number of hydrogen-bond donors (Lipinski definition) is 1. The molecule has 0 spiro atoms. The van der Waals surface area contributed by atoms with Gasteiger partial charge in [-0.3, -0.25) is 4.79 Å². The first-order valence-corrected chi connectivity index (χ1v) is 28.0. The van der Waals surface area contributed by atoms with Crippen LogP contribution in [-0.2, 0) is 29.4 Å². The number of nitrogens with zero attached hydrogens (tertiary/aromatic N) is 1. The average molecular weight is 833 g/mol. The highest BCUT2D eigenvalue weighted by Gasteiger charge is 2.52. The third kappa shape index (κ3) is 11.9. The molecule has 0 aliphatic carbocycles. The molecule has 0 saturated heterocycles. The van der Waals surface area contributed by atoms with Crippen molar-refractivity contribution in [3.8, 4) is 0 Å². The summed E-state index contributed by atoms with van der Waals surface area (Å²) in [6.45, 7) is 34.8. The number of rotatable bonds is 17. The van der Waals surface area contributed by atoms with Crippen molar-refractivity contribution >= 4 is 47.3 Å². The van der Waals surface area contributed by atoms with Crippen LogP contribution in [0.15, 0.2) is 104 Å². The third-order valence-corrected chi connectivity index (χ3v) is 26.1. The monoisotopic (exact) mass is 832 g/mol. The summed E-state index contributed by atoms with van der Waals surface area (Å²) in [6.07, 6.45) is -0.156. The maximum atomic E-state index is 15.2. The van der Waals surface area contributed by atoms with E-state index in [4.69, 9.17) is 18.0 Å². The molecule has 0 aliphatic rings. The maximum Gasteiger partial charge on any atom is 0.408 e. The molecule has 3 aromatic rings. The van der Waals surface area contributed by atoms with Gasteiger partial charge in [0.2, 0.25) is 5.91 Å². The first-order chi connectivity index (χ1) is 26.3. The second-order valence-corrected chi connectivity index (χ2v) is 33.2. The van der Waals surface area contributed by atoms with Gasteiger partial charge < -0.3 is 28.2 Å². The quantitative estimate of drug-likeness (QED) is 0.108. The summed E-state index contributed by atoms with van der Waals surface area (Å²) >= 11 is 0. The van der Waals surface area contributed by atoms with Crippen LogP contribution in [0.3, 0.4) is 0 Å². The molecule has 4 atom stereocenters. The van der Waals surface area contributed by atoms with Gasteiger partial charge in [0.1, 0.15) is 12.6 Å². The standard InChI is InChI=1S/C46H72N2O6Si3/c1-17-40(54-56(15,16)45(6,7)8)39(34-52-57(46(9,10)11,37-29-23-19-24-30-37)38-31-25-20-26-32-38)48(12)42(49)41(35(2)53-55(13,14)44(3,4)5)47-43(50)51-33-36-27-21-18-22-28-36/h17-32,35,39-41H,1,33-34H2,2-16H3,(H,47,50)/t35-,39-,40+,41+/m1/s1. The Balaban J connectivity index is 2.17. The summed E-state index contributed by atoms with van der Waals surface area (Å²) in [5.41, 5.74) is 0.843. The SMILES string of the molecule is C=C[C@H](O[Si](C)(C)C(C)(C)C)[C@@H](CO[Si](c1ccccc1)(c1ccccc1)C(C)(C)C)N(C)C(=O)[C@@H](NC(=O)OCc1ccccc1)[C@@H](C)O[Si](C)(C)C(C)(C)C. The van der Waals surface area contributed by atoms with Crippen LogP contribution in [0.5, 0.6) is 0 Å². The first-order valence-electron chi connectivity index (χ1n) is 20.3. The predicted octanol–water partition coefficient (Wildman–Crippen LogP) is 9.67. The third-order valence-electron chi connectivity index (χ3n) is 12.1. The van der Waals surface area contributed by atoms with Crippen LogP contribution < -0.4 is 15.7 Å². The number of alkyl carbamates (subject to hydrolysis) is 1. The van der Waals surface area contributed by atoms with Crippen LogP contribution >= 0.6 is 0 Å². The van der Waals surface area contributed by atoms with Gasteiger partial charge in [-0.25, -0.2) is 4.79 Å². The summed E-state index contributed by atoms with van der Waals surface area (Å²) < 4.78 is 27.1. The molecular formula is C46H72N2O6Si3. The molecule has 0 radical (unpaired) electrons. The lowest BCUT2D eigenvalue weighted by Crippen LogP contribution is -2.68. The van der Waals surface area contributed by atoms with Crippen LogP contribution in [0.1, 0.15) is 74.8 Å². The summed E-state index contributed by atoms with van der Waals surface area (Å²) in [5, 5.41) is 4.65. The highest BCUT2D eigenvalue weighted by atomic mass is 28.4. The van der Waals surface area contributed by atoms with Crippen LogP contribution in [0.4, 0.5) is 4.79 Å². The number of hydrogen-bond acceptors (Lipinski definition) is 6. The minimum atomic E-state index is -3.04. The summed E-state index contributed by atoms with van der Waals surface area (Å²) in [7, 11) is -6.07. The molecular weight excluding hydrogens is 761 g/mol. The van der Waals surface area contributed by atoms with Crippen molar-refractivity contribution in [1.82, 2.24) is 10.2 Å². The Hall–Kier alpha value is -3.33. The number of benzene rings is 3.